The van der Waals surface area contributed by atoms with Gasteiger partial charge in [0.1, 0.15) is 0 Å². The lowest BCUT2D eigenvalue weighted by Gasteiger charge is -1.95. The molecule has 0 aliphatic rings. The molecule has 0 fully saturated rings. The van der Waals surface area contributed by atoms with Crippen LogP contribution in [0, 0.1) is 0 Å². The molecule has 0 aromatic rings. The summed E-state index contributed by atoms with van der Waals surface area (Å²) in [6.07, 6.45) is 6.09. The lowest BCUT2D eigenvalue weighted by molar-refractivity contribution is 0.999. The van der Waals surface area contributed by atoms with Gasteiger partial charge in [0, 0.05) is 5.54 Å². The molecular formula is C10H15Cl. The summed E-state index contributed by atoms with van der Waals surface area (Å²) in [5, 5.41) is 0. The van der Waals surface area contributed by atoms with E-state index in [1.165, 1.54) is 11.1 Å². The van der Waals surface area contributed by atoms with E-state index >= 15 is 0 Å². The minimum Gasteiger partial charge on any atom is -0.0958 e. The second-order valence-corrected chi connectivity index (χ2v) is 3.02. The van der Waals surface area contributed by atoms with Gasteiger partial charge in [0.25, 0.3) is 0 Å². The maximum atomic E-state index is 5.38. The van der Waals surface area contributed by atoms with E-state index in [0.29, 0.717) is 0 Å². The molecule has 0 aliphatic heterocycles. The Kier molecular flexibility index (Phi) is 5.96. The van der Waals surface area contributed by atoms with E-state index in [0.717, 1.165) is 18.4 Å². The van der Waals surface area contributed by atoms with Crippen LogP contribution in [0.1, 0.15) is 26.7 Å². The van der Waals surface area contributed by atoms with Crippen molar-refractivity contribution in [2.75, 3.05) is 0 Å². The topological polar surface area (TPSA) is 0 Å². The molecule has 0 N–H and O–H groups in total. The molecule has 62 valence electrons. The lowest BCUT2D eigenvalue weighted by atomic mass is 10.1. The van der Waals surface area contributed by atoms with Crippen LogP contribution >= 0.6 is 11.6 Å². The van der Waals surface area contributed by atoms with Crippen molar-refractivity contribution in [1.82, 2.24) is 0 Å². The number of rotatable bonds is 4. The normalized spacial score (nSPS) is 10.1. The molecule has 0 spiro atoms. The van der Waals surface area contributed by atoms with Gasteiger partial charge in [0.2, 0.25) is 0 Å². The Labute approximate surface area is 74.3 Å². The first kappa shape index (κ1) is 10.5. The molecule has 0 saturated carbocycles. The zero-order valence-corrected chi connectivity index (χ0v) is 7.99. The Morgan fingerprint density at radius 3 is 2.55 bits per heavy atom. The minimum absolute atomic E-state index is 0.994. The van der Waals surface area contributed by atoms with Crippen LogP contribution in [-0.2, 0) is 0 Å². The molecule has 0 aromatic carbocycles. The van der Waals surface area contributed by atoms with Gasteiger partial charge in [-0.05, 0) is 32.8 Å². The highest BCUT2D eigenvalue weighted by molar-refractivity contribution is 6.25. The molecule has 0 heterocycles. The monoisotopic (exact) mass is 170 g/mol. The van der Waals surface area contributed by atoms with Crippen LogP contribution in [0.2, 0.25) is 0 Å². The Balaban J connectivity index is 3.55. The van der Waals surface area contributed by atoms with Gasteiger partial charge < -0.3 is 0 Å². The minimum atomic E-state index is 0.994. The average Bonchev–Trinajstić information content (AvgIpc) is 1.87. The van der Waals surface area contributed by atoms with E-state index in [1.807, 2.05) is 6.08 Å². The second kappa shape index (κ2) is 6.23. The highest BCUT2D eigenvalue weighted by atomic mass is 35.5. The molecule has 0 aromatic heterocycles. The standard InChI is InChI=1S/C10H15Cl/c1-9(2)5-4-6-10(3)7-8-11/h5,7-8H,3-4,6H2,1-2H3. The van der Waals surface area contributed by atoms with Gasteiger partial charge in [-0.2, -0.15) is 0 Å². The largest absolute Gasteiger partial charge is 0.0958 e. The maximum Gasteiger partial charge on any atom is 0.00449 e. The van der Waals surface area contributed by atoms with Crippen LogP contribution in [0.15, 0.2) is 35.4 Å². The van der Waals surface area contributed by atoms with Gasteiger partial charge in [0.05, 0.1) is 0 Å². The van der Waals surface area contributed by atoms with Gasteiger partial charge in [-0.25, -0.2) is 0 Å². The first-order valence-corrected chi connectivity index (χ1v) is 4.18. The van der Waals surface area contributed by atoms with Crippen molar-refractivity contribution in [3.05, 3.63) is 35.4 Å². The van der Waals surface area contributed by atoms with Crippen molar-refractivity contribution in [3.63, 3.8) is 0 Å². The van der Waals surface area contributed by atoms with Crippen LogP contribution in [0.4, 0.5) is 0 Å². The van der Waals surface area contributed by atoms with Crippen LogP contribution in [0.5, 0.6) is 0 Å². The molecule has 1 heteroatoms. The SMILES string of the molecule is C=C(C=CCl)CCC=C(C)C. The third kappa shape index (κ3) is 7.41. The molecule has 0 atom stereocenters. The van der Waals surface area contributed by atoms with Crippen molar-refractivity contribution >= 4 is 11.6 Å². The smallest absolute Gasteiger partial charge is 0.00449 e. The summed E-state index contributed by atoms with van der Waals surface area (Å²) in [6.45, 7) is 8.04. The summed E-state index contributed by atoms with van der Waals surface area (Å²) in [5.41, 5.74) is 3.94. The lowest BCUT2D eigenvalue weighted by Crippen LogP contribution is -1.74. The Morgan fingerprint density at radius 2 is 2.09 bits per heavy atom. The third-order valence-electron chi connectivity index (χ3n) is 1.32. The molecule has 0 unspecified atom stereocenters. The van der Waals surface area contributed by atoms with Gasteiger partial charge in [-0.3, -0.25) is 0 Å². The summed E-state index contributed by atoms with van der Waals surface area (Å²) in [6, 6.07) is 0. The summed E-state index contributed by atoms with van der Waals surface area (Å²) >= 11 is 5.38. The zero-order valence-electron chi connectivity index (χ0n) is 7.23. The van der Waals surface area contributed by atoms with Crippen LogP contribution in [0.3, 0.4) is 0 Å². The number of hydrogen-bond acceptors (Lipinski definition) is 0. The molecule has 0 aliphatic carbocycles. The fourth-order valence-electron chi connectivity index (χ4n) is 0.719. The van der Waals surface area contributed by atoms with Gasteiger partial charge in [-0.15, -0.1) is 0 Å². The van der Waals surface area contributed by atoms with Crippen molar-refractivity contribution < 1.29 is 0 Å². The highest BCUT2D eigenvalue weighted by Gasteiger charge is 1.86. The van der Waals surface area contributed by atoms with Gasteiger partial charge >= 0.3 is 0 Å². The molecular weight excluding hydrogens is 156 g/mol. The fourth-order valence-corrected chi connectivity index (χ4v) is 0.897. The predicted molar refractivity (Wildman–Crippen MR) is 52.8 cm³/mol. The summed E-state index contributed by atoms with van der Waals surface area (Å²) in [4.78, 5) is 0. The fraction of sp³-hybridized carbons (Fsp3) is 0.400. The molecule has 0 amide bonds. The van der Waals surface area contributed by atoms with Crippen LogP contribution in [-0.4, -0.2) is 0 Å². The summed E-state index contributed by atoms with van der Waals surface area (Å²) in [5.74, 6) is 0. The second-order valence-electron chi connectivity index (χ2n) is 2.77. The number of hydrogen-bond donors (Lipinski definition) is 0. The molecule has 0 bridgehead atoms. The average molecular weight is 171 g/mol. The first-order chi connectivity index (χ1) is 5.16. The molecule has 0 rings (SSSR count). The van der Waals surface area contributed by atoms with E-state index in [4.69, 9.17) is 11.6 Å². The Hall–Kier alpha value is -0.490. The molecule has 0 nitrogen and oxygen atoms in total. The van der Waals surface area contributed by atoms with E-state index in [1.54, 1.807) is 0 Å². The van der Waals surface area contributed by atoms with Crippen LogP contribution in [0.25, 0.3) is 0 Å². The predicted octanol–water partition coefficient (Wildman–Crippen LogP) is 4.04. The molecule has 11 heavy (non-hydrogen) atoms. The Bertz CT molecular complexity index is 171. The first-order valence-electron chi connectivity index (χ1n) is 3.74. The van der Waals surface area contributed by atoms with Crippen LogP contribution < -0.4 is 0 Å². The number of halogens is 1. The zero-order chi connectivity index (χ0) is 8.69. The van der Waals surface area contributed by atoms with Crippen molar-refractivity contribution in [2.45, 2.75) is 26.7 Å². The van der Waals surface area contributed by atoms with Crippen molar-refractivity contribution in [1.29, 1.82) is 0 Å². The highest BCUT2D eigenvalue weighted by Crippen LogP contribution is 2.06. The van der Waals surface area contributed by atoms with E-state index in [-0.39, 0.29) is 0 Å². The molecule has 0 saturated heterocycles. The summed E-state index contributed by atoms with van der Waals surface area (Å²) in [7, 11) is 0. The third-order valence-corrected chi connectivity index (χ3v) is 1.44. The quantitative estimate of drug-likeness (QED) is 0.441. The van der Waals surface area contributed by atoms with E-state index in [9.17, 15) is 0 Å². The van der Waals surface area contributed by atoms with Gasteiger partial charge in [-0.1, -0.05) is 35.4 Å². The molecule has 0 radical (unpaired) electrons. The van der Waals surface area contributed by atoms with E-state index < -0.39 is 0 Å². The maximum absolute atomic E-state index is 5.38. The van der Waals surface area contributed by atoms with Crippen molar-refractivity contribution in [3.8, 4) is 0 Å². The summed E-state index contributed by atoms with van der Waals surface area (Å²) < 4.78 is 0. The number of allylic oxidation sites excluding steroid dienone is 4. The van der Waals surface area contributed by atoms with E-state index in [2.05, 4.69) is 26.5 Å². The van der Waals surface area contributed by atoms with Crippen molar-refractivity contribution in [2.24, 2.45) is 0 Å². The Morgan fingerprint density at radius 1 is 1.45 bits per heavy atom. The van der Waals surface area contributed by atoms with Gasteiger partial charge in [0.15, 0.2) is 0 Å².